The van der Waals surface area contributed by atoms with E-state index in [0.717, 1.165) is 10.0 Å². The van der Waals surface area contributed by atoms with Crippen molar-refractivity contribution in [3.8, 4) is 0 Å². The number of rotatable bonds is 4. The molecule has 2 N–H and O–H groups in total. The number of benzene rings is 2. The topological polar surface area (TPSA) is 58.2 Å². The second kappa shape index (κ2) is 7.04. The normalized spacial score (nSPS) is 10.0. The highest BCUT2D eigenvalue weighted by atomic mass is 79.9. The Kier molecular flexibility index (Phi) is 5.11. The van der Waals surface area contributed by atoms with Gasteiger partial charge in [0.1, 0.15) is 0 Å². The summed E-state index contributed by atoms with van der Waals surface area (Å²) in [5.74, 6) is -0.283. The monoisotopic (exact) mass is 346 g/mol. The van der Waals surface area contributed by atoms with Crippen LogP contribution in [0.25, 0.3) is 0 Å². The van der Waals surface area contributed by atoms with E-state index in [2.05, 4.69) is 26.6 Å². The smallest absolute Gasteiger partial charge is 0.251 e. The van der Waals surface area contributed by atoms with E-state index in [4.69, 9.17) is 0 Å². The molecule has 0 aliphatic carbocycles. The lowest BCUT2D eigenvalue weighted by Crippen LogP contribution is -2.22. The third-order valence-corrected chi connectivity index (χ3v) is 3.36. The van der Waals surface area contributed by atoms with Crippen molar-refractivity contribution >= 4 is 33.4 Å². The molecule has 2 rings (SSSR count). The summed E-state index contributed by atoms with van der Waals surface area (Å²) in [6, 6.07) is 14.5. The van der Waals surface area contributed by atoms with Crippen molar-refractivity contribution in [3.05, 3.63) is 64.1 Å². The van der Waals surface area contributed by atoms with Gasteiger partial charge in [-0.2, -0.15) is 0 Å². The summed E-state index contributed by atoms with van der Waals surface area (Å²) in [5.41, 5.74) is 2.26. The first-order chi connectivity index (χ1) is 10.0. The third-order valence-electron chi connectivity index (χ3n) is 2.83. The van der Waals surface area contributed by atoms with Crippen LogP contribution in [-0.2, 0) is 11.3 Å². The number of anilines is 1. The number of nitrogens with one attached hydrogen (secondary N) is 2. The van der Waals surface area contributed by atoms with Gasteiger partial charge in [0.15, 0.2) is 0 Å². The van der Waals surface area contributed by atoms with Crippen LogP contribution in [-0.4, -0.2) is 11.8 Å². The molecule has 0 atom stereocenters. The van der Waals surface area contributed by atoms with Gasteiger partial charge in [-0.1, -0.05) is 28.1 Å². The molecule has 0 saturated carbocycles. The quantitative estimate of drug-likeness (QED) is 0.891. The maximum Gasteiger partial charge on any atom is 0.251 e. The summed E-state index contributed by atoms with van der Waals surface area (Å²) in [5, 5.41) is 5.51. The highest BCUT2D eigenvalue weighted by Gasteiger charge is 2.05. The number of hydrogen-bond acceptors (Lipinski definition) is 2. The largest absolute Gasteiger partial charge is 0.348 e. The van der Waals surface area contributed by atoms with E-state index in [1.165, 1.54) is 6.92 Å². The van der Waals surface area contributed by atoms with Gasteiger partial charge >= 0.3 is 0 Å². The minimum atomic E-state index is -0.146. The Morgan fingerprint density at radius 3 is 2.19 bits per heavy atom. The van der Waals surface area contributed by atoms with E-state index in [0.29, 0.717) is 17.8 Å². The highest BCUT2D eigenvalue weighted by Crippen LogP contribution is 2.11. The van der Waals surface area contributed by atoms with Gasteiger partial charge in [0.2, 0.25) is 5.91 Å². The van der Waals surface area contributed by atoms with E-state index in [9.17, 15) is 9.59 Å². The molecule has 2 aromatic carbocycles. The lowest BCUT2D eigenvalue weighted by molar-refractivity contribution is -0.114. The first-order valence-corrected chi connectivity index (χ1v) is 7.24. The van der Waals surface area contributed by atoms with E-state index in [1.807, 2.05) is 24.3 Å². The van der Waals surface area contributed by atoms with Crippen LogP contribution in [0.15, 0.2) is 53.0 Å². The van der Waals surface area contributed by atoms with Crippen molar-refractivity contribution in [2.45, 2.75) is 13.5 Å². The lowest BCUT2D eigenvalue weighted by Gasteiger charge is -2.07. The molecule has 0 bridgehead atoms. The molecule has 0 heterocycles. The molecule has 0 spiro atoms. The van der Waals surface area contributed by atoms with E-state index < -0.39 is 0 Å². The molecule has 0 radical (unpaired) electrons. The van der Waals surface area contributed by atoms with Crippen LogP contribution in [0.3, 0.4) is 0 Å². The van der Waals surface area contributed by atoms with Crippen molar-refractivity contribution in [3.63, 3.8) is 0 Å². The molecule has 0 unspecified atom stereocenters. The molecule has 0 aliphatic heterocycles. The number of carbonyl (C=O) groups is 2. The van der Waals surface area contributed by atoms with Gasteiger partial charge in [-0.05, 0) is 42.0 Å². The minimum Gasteiger partial charge on any atom is -0.348 e. The highest BCUT2D eigenvalue weighted by molar-refractivity contribution is 9.10. The van der Waals surface area contributed by atoms with Crippen LogP contribution >= 0.6 is 15.9 Å². The number of carbonyl (C=O) groups excluding carboxylic acids is 2. The molecule has 2 aromatic rings. The van der Waals surface area contributed by atoms with Crippen LogP contribution in [0, 0.1) is 0 Å². The first kappa shape index (κ1) is 15.3. The third kappa shape index (κ3) is 4.72. The molecule has 0 saturated heterocycles. The summed E-state index contributed by atoms with van der Waals surface area (Å²) in [4.78, 5) is 22.9. The Bertz CT molecular complexity index is 636. The lowest BCUT2D eigenvalue weighted by atomic mass is 10.1. The zero-order valence-corrected chi connectivity index (χ0v) is 13.1. The summed E-state index contributed by atoms with van der Waals surface area (Å²) in [7, 11) is 0. The summed E-state index contributed by atoms with van der Waals surface area (Å²) in [6.07, 6.45) is 0. The molecule has 5 heteroatoms. The fourth-order valence-corrected chi connectivity index (χ4v) is 2.06. The van der Waals surface area contributed by atoms with Crippen molar-refractivity contribution in [2.75, 3.05) is 5.32 Å². The molecule has 2 amide bonds. The first-order valence-electron chi connectivity index (χ1n) is 6.45. The van der Waals surface area contributed by atoms with Gasteiger partial charge in [0.25, 0.3) is 5.91 Å². The molecule has 0 aromatic heterocycles. The average Bonchev–Trinajstić information content (AvgIpc) is 2.46. The Morgan fingerprint density at radius 2 is 1.62 bits per heavy atom. The number of halogens is 1. The van der Waals surface area contributed by atoms with E-state index >= 15 is 0 Å². The molecule has 4 nitrogen and oxygen atoms in total. The van der Waals surface area contributed by atoms with Crippen LogP contribution in [0.2, 0.25) is 0 Å². The van der Waals surface area contributed by atoms with E-state index in [-0.39, 0.29) is 11.8 Å². The van der Waals surface area contributed by atoms with Crippen LogP contribution in [0.5, 0.6) is 0 Å². The Labute approximate surface area is 131 Å². The van der Waals surface area contributed by atoms with Gasteiger partial charge in [-0.25, -0.2) is 0 Å². The minimum absolute atomic E-state index is 0.137. The maximum atomic E-state index is 12.0. The fourth-order valence-electron chi connectivity index (χ4n) is 1.79. The molecule has 21 heavy (non-hydrogen) atoms. The second-order valence-electron chi connectivity index (χ2n) is 4.57. The standard InChI is InChI=1S/C16H15BrN2O2/c1-11(20)19-15-8-4-13(5-9-15)16(21)18-10-12-2-6-14(17)7-3-12/h2-9H,10H2,1H3,(H,18,21)(H,19,20). The molecular formula is C16H15BrN2O2. The van der Waals surface area contributed by atoms with Gasteiger partial charge in [0, 0.05) is 29.2 Å². The Morgan fingerprint density at radius 1 is 1.00 bits per heavy atom. The SMILES string of the molecule is CC(=O)Nc1ccc(C(=O)NCc2ccc(Br)cc2)cc1. The van der Waals surface area contributed by atoms with Crippen LogP contribution in [0.4, 0.5) is 5.69 Å². The molecule has 0 fully saturated rings. The van der Waals surface area contributed by atoms with E-state index in [1.54, 1.807) is 24.3 Å². The predicted molar refractivity (Wildman–Crippen MR) is 86.1 cm³/mol. The maximum absolute atomic E-state index is 12.0. The summed E-state index contributed by atoms with van der Waals surface area (Å²) in [6.45, 7) is 1.92. The molecule has 0 aliphatic rings. The zero-order chi connectivity index (χ0) is 15.2. The summed E-state index contributed by atoms with van der Waals surface area (Å²) >= 11 is 3.37. The number of amides is 2. The van der Waals surface area contributed by atoms with Gasteiger partial charge in [0.05, 0.1) is 0 Å². The fraction of sp³-hybridized carbons (Fsp3) is 0.125. The van der Waals surface area contributed by atoms with Gasteiger partial charge in [-0.3, -0.25) is 9.59 Å². The Hall–Kier alpha value is -2.14. The molecular weight excluding hydrogens is 332 g/mol. The van der Waals surface area contributed by atoms with Crippen LogP contribution in [0.1, 0.15) is 22.8 Å². The van der Waals surface area contributed by atoms with Crippen molar-refractivity contribution in [1.82, 2.24) is 5.32 Å². The predicted octanol–water partition coefficient (Wildman–Crippen LogP) is 3.34. The van der Waals surface area contributed by atoms with Crippen molar-refractivity contribution in [1.29, 1.82) is 0 Å². The average molecular weight is 347 g/mol. The number of hydrogen-bond donors (Lipinski definition) is 2. The zero-order valence-electron chi connectivity index (χ0n) is 11.5. The van der Waals surface area contributed by atoms with Crippen molar-refractivity contribution in [2.24, 2.45) is 0 Å². The van der Waals surface area contributed by atoms with Crippen molar-refractivity contribution < 1.29 is 9.59 Å². The second-order valence-corrected chi connectivity index (χ2v) is 5.48. The van der Waals surface area contributed by atoms with Gasteiger partial charge < -0.3 is 10.6 Å². The Balaban J connectivity index is 1.93. The summed E-state index contributed by atoms with van der Waals surface area (Å²) < 4.78 is 1.01. The molecule has 108 valence electrons. The van der Waals surface area contributed by atoms with Crippen LogP contribution < -0.4 is 10.6 Å². The van der Waals surface area contributed by atoms with Gasteiger partial charge in [-0.15, -0.1) is 0 Å².